The highest BCUT2D eigenvalue weighted by Gasteiger charge is 2.11. The SMILES string of the molecule is CNc1c[nH]c2cc(C)c(N)c(O)c12. The van der Waals surface area contributed by atoms with Crippen molar-refractivity contribution in [2.45, 2.75) is 6.92 Å². The Morgan fingerprint density at radius 3 is 2.86 bits per heavy atom. The first-order chi connectivity index (χ1) is 6.65. The molecule has 0 fully saturated rings. The molecule has 0 atom stereocenters. The summed E-state index contributed by atoms with van der Waals surface area (Å²) < 4.78 is 0. The highest BCUT2D eigenvalue weighted by molar-refractivity contribution is 6.01. The molecule has 0 unspecified atom stereocenters. The zero-order valence-corrected chi connectivity index (χ0v) is 8.18. The first kappa shape index (κ1) is 8.74. The monoisotopic (exact) mass is 191 g/mol. The maximum atomic E-state index is 9.85. The van der Waals surface area contributed by atoms with E-state index in [1.807, 2.05) is 19.2 Å². The number of nitrogen functional groups attached to an aromatic ring is 1. The number of rotatable bonds is 1. The molecule has 1 aromatic carbocycles. The van der Waals surface area contributed by atoms with Crippen molar-refractivity contribution in [2.75, 3.05) is 18.1 Å². The van der Waals surface area contributed by atoms with E-state index in [2.05, 4.69) is 10.3 Å². The Balaban J connectivity index is 2.88. The Morgan fingerprint density at radius 1 is 1.50 bits per heavy atom. The molecule has 4 nitrogen and oxygen atoms in total. The van der Waals surface area contributed by atoms with Gasteiger partial charge in [-0.1, -0.05) is 0 Å². The Kier molecular flexibility index (Phi) is 1.77. The molecule has 2 rings (SSSR count). The molecule has 0 aliphatic carbocycles. The van der Waals surface area contributed by atoms with Crippen molar-refractivity contribution < 1.29 is 5.11 Å². The van der Waals surface area contributed by atoms with E-state index in [1.165, 1.54) is 0 Å². The number of hydrogen-bond donors (Lipinski definition) is 4. The fourth-order valence-corrected chi connectivity index (χ4v) is 1.62. The number of aromatic nitrogens is 1. The van der Waals surface area contributed by atoms with Crippen molar-refractivity contribution in [1.29, 1.82) is 0 Å². The summed E-state index contributed by atoms with van der Waals surface area (Å²) in [6.07, 6.45) is 1.81. The van der Waals surface area contributed by atoms with Crippen molar-refractivity contribution in [3.63, 3.8) is 0 Å². The molecular weight excluding hydrogens is 178 g/mol. The van der Waals surface area contributed by atoms with Crippen LogP contribution in [0, 0.1) is 6.92 Å². The van der Waals surface area contributed by atoms with Crippen molar-refractivity contribution in [1.82, 2.24) is 4.98 Å². The number of nitrogens with two attached hydrogens (primary N) is 1. The zero-order valence-electron chi connectivity index (χ0n) is 8.18. The van der Waals surface area contributed by atoms with Gasteiger partial charge in [0.05, 0.1) is 22.3 Å². The molecular formula is C10H13N3O. The van der Waals surface area contributed by atoms with Gasteiger partial charge in [0.15, 0.2) is 0 Å². The second-order valence-corrected chi connectivity index (χ2v) is 3.33. The molecule has 5 N–H and O–H groups in total. The van der Waals surface area contributed by atoms with Crippen LogP contribution in [-0.4, -0.2) is 17.1 Å². The summed E-state index contributed by atoms with van der Waals surface area (Å²) in [6, 6.07) is 1.92. The zero-order chi connectivity index (χ0) is 10.3. The van der Waals surface area contributed by atoms with Crippen molar-refractivity contribution >= 4 is 22.3 Å². The minimum absolute atomic E-state index is 0.144. The lowest BCUT2D eigenvalue weighted by Gasteiger charge is -2.06. The van der Waals surface area contributed by atoms with E-state index in [0.717, 1.165) is 22.2 Å². The largest absolute Gasteiger partial charge is 0.505 e. The minimum atomic E-state index is 0.144. The summed E-state index contributed by atoms with van der Waals surface area (Å²) in [7, 11) is 1.80. The van der Waals surface area contributed by atoms with Gasteiger partial charge in [0.25, 0.3) is 0 Å². The van der Waals surface area contributed by atoms with Crippen LogP contribution in [0.3, 0.4) is 0 Å². The van der Waals surface area contributed by atoms with Crippen molar-refractivity contribution in [3.8, 4) is 5.75 Å². The molecule has 0 saturated heterocycles. The molecule has 74 valence electrons. The van der Waals surface area contributed by atoms with Crippen LogP contribution in [0.4, 0.5) is 11.4 Å². The van der Waals surface area contributed by atoms with Crippen LogP contribution in [0.2, 0.25) is 0 Å². The van der Waals surface area contributed by atoms with Crippen LogP contribution in [-0.2, 0) is 0 Å². The number of nitrogens with one attached hydrogen (secondary N) is 2. The Morgan fingerprint density at radius 2 is 2.21 bits per heavy atom. The number of fused-ring (bicyclic) bond motifs is 1. The number of phenolic OH excluding ortho intramolecular Hbond substituents is 1. The number of aromatic hydroxyl groups is 1. The van der Waals surface area contributed by atoms with Gasteiger partial charge < -0.3 is 21.1 Å². The molecule has 0 bridgehead atoms. The van der Waals surface area contributed by atoms with Crippen molar-refractivity contribution in [3.05, 3.63) is 17.8 Å². The fourth-order valence-electron chi connectivity index (χ4n) is 1.62. The van der Waals surface area contributed by atoms with Gasteiger partial charge in [-0.05, 0) is 18.6 Å². The molecule has 1 heterocycles. The molecule has 0 aliphatic rings. The van der Waals surface area contributed by atoms with E-state index in [9.17, 15) is 5.11 Å². The molecule has 0 aliphatic heterocycles. The summed E-state index contributed by atoms with van der Waals surface area (Å²) in [5.41, 5.74) is 8.79. The first-order valence-electron chi connectivity index (χ1n) is 4.42. The first-order valence-corrected chi connectivity index (χ1v) is 4.42. The molecule has 2 aromatic rings. The minimum Gasteiger partial charge on any atom is -0.505 e. The van der Waals surface area contributed by atoms with Gasteiger partial charge in [0.2, 0.25) is 0 Å². The quantitative estimate of drug-likeness (QED) is 0.410. The summed E-state index contributed by atoms with van der Waals surface area (Å²) in [6.45, 7) is 1.87. The van der Waals surface area contributed by atoms with Gasteiger partial charge >= 0.3 is 0 Å². The Hall–Kier alpha value is -1.84. The number of benzene rings is 1. The summed E-state index contributed by atoms with van der Waals surface area (Å²) in [4.78, 5) is 3.07. The predicted octanol–water partition coefficient (Wildman–Crippen LogP) is 1.81. The van der Waals surface area contributed by atoms with Crippen LogP contribution >= 0.6 is 0 Å². The average Bonchev–Trinajstić information content (AvgIpc) is 2.57. The maximum Gasteiger partial charge on any atom is 0.150 e. The van der Waals surface area contributed by atoms with Crippen LogP contribution < -0.4 is 11.1 Å². The third-order valence-corrected chi connectivity index (χ3v) is 2.46. The highest BCUT2D eigenvalue weighted by Crippen LogP contribution is 2.37. The van der Waals surface area contributed by atoms with Gasteiger partial charge in [-0.3, -0.25) is 0 Å². The van der Waals surface area contributed by atoms with E-state index in [-0.39, 0.29) is 5.75 Å². The maximum absolute atomic E-state index is 9.85. The fraction of sp³-hybridized carbons (Fsp3) is 0.200. The van der Waals surface area contributed by atoms with E-state index < -0.39 is 0 Å². The number of aryl methyl sites for hydroxylation is 1. The molecule has 4 heteroatoms. The molecule has 14 heavy (non-hydrogen) atoms. The standard InChI is InChI=1S/C10H13N3O/c1-5-3-6-8(10(14)9(5)11)7(12-2)4-13-6/h3-4,12-14H,11H2,1-2H3. The second-order valence-electron chi connectivity index (χ2n) is 3.33. The summed E-state index contributed by atoms with van der Waals surface area (Å²) >= 11 is 0. The third kappa shape index (κ3) is 1.00. The van der Waals surface area contributed by atoms with Crippen LogP contribution in [0.15, 0.2) is 12.3 Å². The van der Waals surface area contributed by atoms with E-state index in [1.54, 1.807) is 7.05 Å². The Bertz CT molecular complexity index is 488. The van der Waals surface area contributed by atoms with Crippen LogP contribution in [0.25, 0.3) is 10.9 Å². The lowest BCUT2D eigenvalue weighted by molar-refractivity contribution is 0.484. The van der Waals surface area contributed by atoms with Gasteiger partial charge in [0.1, 0.15) is 5.75 Å². The average molecular weight is 191 g/mol. The topological polar surface area (TPSA) is 74.1 Å². The van der Waals surface area contributed by atoms with E-state index >= 15 is 0 Å². The Labute approximate surface area is 81.7 Å². The molecule has 0 saturated carbocycles. The van der Waals surface area contributed by atoms with Gasteiger partial charge in [-0.2, -0.15) is 0 Å². The molecule has 0 amide bonds. The number of phenols is 1. The number of hydrogen-bond acceptors (Lipinski definition) is 3. The smallest absolute Gasteiger partial charge is 0.150 e. The normalized spacial score (nSPS) is 10.7. The van der Waals surface area contributed by atoms with Gasteiger partial charge in [0, 0.05) is 13.2 Å². The van der Waals surface area contributed by atoms with E-state index in [0.29, 0.717) is 5.69 Å². The highest BCUT2D eigenvalue weighted by atomic mass is 16.3. The lowest BCUT2D eigenvalue weighted by atomic mass is 10.1. The predicted molar refractivity (Wildman–Crippen MR) is 58.7 cm³/mol. The second kappa shape index (κ2) is 2.83. The van der Waals surface area contributed by atoms with Crippen LogP contribution in [0.5, 0.6) is 5.75 Å². The van der Waals surface area contributed by atoms with Gasteiger partial charge in [-0.25, -0.2) is 0 Å². The summed E-state index contributed by atoms with van der Waals surface area (Å²) in [5.74, 6) is 0.144. The number of aromatic amines is 1. The lowest BCUT2D eigenvalue weighted by Crippen LogP contribution is -1.92. The number of H-pyrrole nitrogens is 1. The number of anilines is 2. The molecule has 0 radical (unpaired) electrons. The third-order valence-electron chi connectivity index (χ3n) is 2.46. The van der Waals surface area contributed by atoms with Crippen LogP contribution in [0.1, 0.15) is 5.56 Å². The van der Waals surface area contributed by atoms with E-state index in [4.69, 9.17) is 5.73 Å². The molecule has 1 aromatic heterocycles. The summed E-state index contributed by atoms with van der Waals surface area (Å²) in [5, 5.41) is 13.6. The van der Waals surface area contributed by atoms with Gasteiger partial charge in [-0.15, -0.1) is 0 Å². The van der Waals surface area contributed by atoms with Crippen molar-refractivity contribution in [2.24, 2.45) is 0 Å². The molecule has 0 spiro atoms.